The van der Waals surface area contributed by atoms with E-state index in [0.29, 0.717) is 0 Å². The Morgan fingerprint density at radius 3 is 3.15 bits per heavy atom. The van der Waals surface area contributed by atoms with E-state index in [1.165, 1.54) is 12.8 Å². The van der Waals surface area contributed by atoms with Crippen molar-refractivity contribution in [3.63, 3.8) is 0 Å². The normalized spacial score (nSPS) is 23.3. The first-order valence-corrected chi connectivity index (χ1v) is 5.21. The predicted molar refractivity (Wildman–Crippen MR) is 52.9 cm³/mol. The van der Waals surface area contributed by atoms with E-state index in [1.807, 2.05) is 0 Å². The quantitative estimate of drug-likeness (QED) is 0.630. The van der Waals surface area contributed by atoms with E-state index in [1.54, 1.807) is 7.11 Å². The van der Waals surface area contributed by atoms with E-state index in [0.717, 1.165) is 45.2 Å². The van der Waals surface area contributed by atoms with E-state index in [2.05, 4.69) is 5.32 Å². The first-order valence-electron chi connectivity index (χ1n) is 5.21. The SMILES string of the molecule is COCCCNCC1CCCOC1. The molecular weight excluding hydrogens is 166 g/mol. The lowest BCUT2D eigenvalue weighted by Gasteiger charge is -2.22. The maximum Gasteiger partial charge on any atom is 0.0506 e. The van der Waals surface area contributed by atoms with Gasteiger partial charge in [-0.15, -0.1) is 0 Å². The van der Waals surface area contributed by atoms with Gasteiger partial charge < -0.3 is 14.8 Å². The monoisotopic (exact) mass is 187 g/mol. The summed E-state index contributed by atoms with van der Waals surface area (Å²) in [4.78, 5) is 0. The largest absolute Gasteiger partial charge is 0.385 e. The number of rotatable bonds is 6. The van der Waals surface area contributed by atoms with Crippen molar-refractivity contribution in [3.8, 4) is 0 Å². The summed E-state index contributed by atoms with van der Waals surface area (Å²) in [5, 5.41) is 3.43. The molecule has 13 heavy (non-hydrogen) atoms. The molecule has 78 valence electrons. The smallest absolute Gasteiger partial charge is 0.0506 e. The summed E-state index contributed by atoms with van der Waals surface area (Å²) in [6.07, 6.45) is 3.64. The van der Waals surface area contributed by atoms with Crippen LogP contribution in [0.25, 0.3) is 0 Å². The number of ether oxygens (including phenoxy) is 2. The molecule has 1 heterocycles. The molecule has 0 bridgehead atoms. The molecule has 1 aliphatic rings. The topological polar surface area (TPSA) is 30.5 Å². The standard InChI is InChI=1S/C10H21NO2/c1-12-6-3-5-11-8-10-4-2-7-13-9-10/h10-11H,2-9H2,1H3. The fourth-order valence-electron chi connectivity index (χ4n) is 1.62. The van der Waals surface area contributed by atoms with Gasteiger partial charge in [-0.3, -0.25) is 0 Å². The third-order valence-electron chi connectivity index (χ3n) is 2.39. The number of nitrogens with one attached hydrogen (secondary N) is 1. The van der Waals surface area contributed by atoms with Crippen molar-refractivity contribution < 1.29 is 9.47 Å². The van der Waals surface area contributed by atoms with Crippen LogP contribution in [-0.4, -0.2) is 40.0 Å². The summed E-state index contributed by atoms with van der Waals surface area (Å²) in [5.74, 6) is 0.733. The Bertz CT molecular complexity index is 113. The predicted octanol–water partition coefficient (Wildman–Crippen LogP) is 1.04. The molecule has 3 nitrogen and oxygen atoms in total. The van der Waals surface area contributed by atoms with Crippen LogP contribution >= 0.6 is 0 Å². The van der Waals surface area contributed by atoms with Crippen molar-refractivity contribution in [1.29, 1.82) is 0 Å². The third kappa shape index (κ3) is 5.24. The van der Waals surface area contributed by atoms with Gasteiger partial charge in [0.1, 0.15) is 0 Å². The van der Waals surface area contributed by atoms with Crippen LogP contribution in [0.1, 0.15) is 19.3 Å². The van der Waals surface area contributed by atoms with E-state index in [-0.39, 0.29) is 0 Å². The summed E-state index contributed by atoms with van der Waals surface area (Å²) < 4.78 is 10.4. The lowest BCUT2D eigenvalue weighted by atomic mass is 10.0. The van der Waals surface area contributed by atoms with Gasteiger partial charge in [0.05, 0.1) is 6.61 Å². The molecule has 0 aromatic carbocycles. The molecule has 0 aromatic heterocycles. The summed E-state index contributed by atoms with van der Waals surface area (Å²) in [5.41, 5.74) is 0. The Morgan fingerprint density at radius 2 is 2.46 bits per heavy atom. The van der Waals surface area contributed by atoms with Crippen LogP contribution in [0.2, 0.25) is 0 Å². The minimum Gasteiger partial charge on any atom is -0.385 e. The van der Waals surface area contributed by atoms with Gasteiger partial charge in [-0.05, 0) is 31.7 Å². The van der Waals surface area contributed by atoms with E-state index >= 15 is 0 Å². The molecule has 1 unspecified atom stereocenters. The Balaban J connectivity index is 1.86. The molecule has 3 heteroatoms. The highest BCUT2D eigenvalue weighted by atomic mass is 16.5. The molecule has 0 amide bonds. The molecule has 0 saturated carbocycles. The van der Waals surface area contributed by atoms with Gasteiger partial charge in [0.25, 0.3) is 0 Å². The van der Waals surface area contributed by atoms with Crippen LogP contribution < -0.4 is 5.32 Å². The Kier molecular flexibility index (Phi) is 6.15. The van der Waals surface area contributed by atoms with Crippen LogP contribution in [-0.2, 0) is 9.47 Å². The average Bonchev–Trinajstić information content (AvgIpc) is 2.19. The summed E-state index contributed by atoms with van der Waals surface area (Å²) >= 11 is 0. The Morgan fingerprint density at radius 1 is 1.54 bits per heavy atom. The van der Waals surface area contributed by atoms with Crippen molar-refractivity contribution in [2.24, 2.45) is 5.92 Å². The second kappa shape index (κ2) is 7.30. The molecule has 0 spiro atoms. The zero-order chi connectivity index (χ0) is 9.36. The van der Waals surface area contributed by atoms with Crippen LogP contribution in [0.15, 0.2) is 0 Å². The molecule has 0 aliphatic carbocycles. The average molecular weight is 187 g/mol. The third-order valence-corrected chi connectivity index (χ3v) is 2.39. The Labute approximate surface area is 80.8 Å². The molecular formula is C10H21NO2. The minimum atomic E-state index is 0.733. The van der Waals surface area contributed by atoms with E-state index in [4.69, 9.17) is 9.47 Å². The van der Waals surface area contributed by atoms with Crippen molar-refractivity contribution in [3.05, 3.63) is 0 Å². The summed E-state index contributed by atoms with van der Waals surface area (Å²) in [6, 6.07) is 0. The van der Waals surface area contributed by atoms with Crippen LogP contribution in [0.5, 0.6) is 0 Å². The molecule has 1 aliphatic heterocycles. The molecule has 1 fully saturated rings. The molecule has 1 saturated heterocycles. The number of methoxy groups -OCH3 is 1. The molecule has 1 N–H and O–H groups in total. The summed E-state index contributed by atoms with van der Waals surface area (Å²) in [6.45, 7) is 4.92. The highest BCUT2D eigenvalue weighted by Crippen LogP contribution is 2.11. The van der Waals surface area contributed by atoms with Gasteiger partial charge in [0, 0.05) is 26.9 Å². The van der Waals surface area contributed by atoms with Gasteiger partial charge >= 0.3 is 0 Å². The molecule has 1 rings (SSSR count). The van der Waals surface area contributed by atoms with Crippen molar-refractivity contribution >= 4 is 0 Å². The van der Waals surface area contributed by atoms with Crippen molar-refractivity contribution in [1.82, 2.24) is 5.32 Å². The molecule has 1 atom stereocenters. The van der Waals surface area contributed by atoms with E-state index < -0.39 is 0 Å². The number of hydrogen-bond acceptors (Lipinski definition) is 3. The first kappa shape index (κ1) is 11.0. The molecule has 0 aromatic rings. The highest BCUT2D eigenvalue weighted by Gasteiger charge is 2.12. The first-order chi connectivity index (χ1) is 6.43. The van der Waals surface area contributed by atoms with Gasteiger partial charge in [-0.25, -0.2) is 0 Å². The van der Waals surface area contributed by atoms with Gasteiger partial charge in [-0.2, -0.15) is 0 Å². The summed E-state index contributed by atoms with van der Waals surface area (Å²) in [7, 11) is 1.75. The van der Waals surface area contributed by atoms with Crippen LogP contribution in [0.3, 0.4) is 0 Å². The lowest BCUT2D eigenvalue weighted by Crippen LogP contribution is -2.30. The van der Waals surface area contributed by atoms with Crippen LogP contribution in [0, 0.1) is 5.92 Å². The minimum absolute atomic E-state index is 0.733. The van der Waals surface area contributed by atoms with Gasteiger partial charge in [0.2, 0.25) is 0 Å². The maximum atomic E-state index is 5.40. The zero-order valence-electron chi connectivity index (χ0n) is 8.55. The lowest BCUT2D eigenvalue weighted by molar-refractivity contribution is 0.0547. The van der Waals surface area contributed by atoms with Gasteiger partial charge in [0.15, 0.2) is 0 Å². The highest BCUT2D eigenvalue weighted by molar-refractivity contribution is 4.65. The van der Waals surface area contributed by atoms with Gasteiger partial charge in [-0.1, -0.05) is 0 Å². The second-order valence-corrected chi connectivity index (χ2v) is 3.63. The van der Waals surface area contributed by atoms with E-state index in [9.17, 15) is 0 Å². The van der Waals surface area contributed by atoms with Crippen molar-refractivity contribution in [2.45, 2.75) is 19.3 Å². The second-order valence-electron chi connectivity index (χ2n) is 3.63. The fraction of sp³-hybridized carbons (Fsp3) is 1.00. The Hall–Kier alpha value is -0.120. The number of hydrogen-bond donors (Lipinski definition) is 1. The molecule has 0 radical (unpaired) electrons. The van der Waals surface area contributed by atoms with Crippen LogP contribution in [0.4, 0.5) is 0 Å². The maximum absolute atomic E-state index is 5.40. The fourth-order valence-corrected chi connectivity index (χ4v) is 1.62. The zero-order valence-corrected chi connectivity index (χ0v) is 8.55. The van der Waals surface area contributed by atoms with Crippen molar-refractivity contribution in [2.75, 3.05) is 40.0 Å².